The van der Waals surface area contributed by atoms with Gasteiger partial charge in [0.05, 0.1) is 5.69 Å². The first-order chi connectivity index (χ1) is 8.13. The quantitative estimate of drug-likeness (QED) is 0.842. The van der Waals surface area contributed by atoms with Crippen LogP contribution in [0.3, 0.4) is 0 Å². The van der Waals surface area contributed by atoms with Crippen LogP contribution >= 0.6 is 0 Å². The maximum Gasteiger partial charge on any atom is 0.258 e. The van der Waals surface area contributed by atoms with Gasteiger partial charge in [-0.25, -0.2) is 13.5 Å². The summed E-state index contributed by atoms with van der Waals surface area (Å²) in [5.74, 6) is 0. The van der Waals surface area contributed by atoms with Crippen molar-refractivity contribution < 1.29 is 8.78 Å². The van der Waals surface area contributed by atoms with Crippen molar-refractivity contribution in [1.29, 1.82) is 0 Å². The summed E-state index contributed by atoms with van der Waals surface area (Å²) >= 11 is 0. The number of nitrogens with zero attached hydrogens (tertiary/aromatic N) is 5. The minimum absolute atomic E-state index is 0.143. The van der Waals surface area contributed by atoms with E-state index in [0.29, 0.717) is 17.1 Å². The lowest BCUT2D eigenvalue weighted by atomic mass is 10.2. The molecule has 0 saturated heterocycles. The molecule has 0 aliphatic heterocycles. The second-order valence-electron chi connectivity index (χ2n) is 3.50. The molecule has 0 atom stereocenters. The van der Waals surface area contributed by atoms with E-state index in [1.165, 1.54) is 0 Å². The second kappa shape index (κ2) is 4.58. The molecule has 8 heteroatoms. The summed E-state index contributed by atoms with van der Waals surface area (Å²) in [5.41, 5.74) is 7.16. The van der Waals surface area contributed by atoms with Gasteiger partial charge in [0.2, 0.25) is 0 Å². The Kier molecular flexibility index (Phi) is 3.14. The van der Waals surface area contributed by atoms with Gasteiger partial charge in [-0.05, 0) is 6.07 Å². The monoisotopic (exact) mass is 242 g/mol. The zero-order valence-electron chi connectivity index (χ0n) is 9.22. The molecular weight excluding hydrogens is 230 g/mol. The van der Waals surface area contributed by atoms with Crippen LogP contribution in [0.5, 0.6) is 0 Å². The number of alkyl halides is 2. The summed E-state index contributed by atoms with van der Waals surface area (Å²) in [6, 6.07) is 1.71. The van der Waals surface area contributed by atoms with Crippen LogP contribution in [0.2, 0.25) is 0 Å². The fraction of sp³-hybridized carbons (Fsp3) is 0.444. The largest absolute Gasteiger partial charge is 0.325 e. The Morgan fingerprint density at radius 1 is 1.47 bits per heavy atom. The first-order valence-electron chi connectivity index (χ1n) is 5.02. The highest BCUT2D eigenvalue weighted by atomic mass is 19.3. The van der Waals surface area contributed by atoms with Crippen LogP contribution in [0.1, 0.15) is 5.69 Å². The number of hydrogen-bond acceptors (Lipinski definition) is 4. The van der Waals surface area contributed by atoms with E-state index in [4.69, 9.17) is 5.73 Å². The Balaban J connectivity index is 2.49. The summed E-state index contributed by atoms with van der Waals surface area (Å²) in [4.78, 5) is 0. The molecule has 0 radical (unpaired) electrons. The molecule has 0 unspecified atom stereocenters. The SMILES string of the molecule is Cn1nccc1-c1c(CN)nnn1CC(F)F. The number of halogens is 2. The predicted molar refractivity (Wildman–Crippen MR) is 56.1 cm³/mol. The van der Waals surface area contributed by atoms with Crippen molar-refractivity contribution >= 4 is 0 Å². The van der Waals surface area contributed by atoms with Crippen molar-refractivity contribution in [3.8, 4) is 11.4 Å². The highest BCUT2D eigenvalue weighted by Gasteiger charge is 2.18. The summed E-state index contributed by atoms with van der Waals surface area (Å²) in [6.45, 7) is -0.364. The van der Waals surface area contributed by atoms with E-state index in [-0.39, 0.29) is 6.54 Å². The summed E-state index contributed by atoms with van der Waals surface area (Å²) in [7, 11) is 1.72. The molecule has 2 N–H and O–H groups in total. The first-order valence-corrected chi connectivity index (χ1v) is 5.02. The molecule has 0 amide bonds. The minimum atomic E-state index is -2.49. The molecule has 0 aliphatic rings. The van der Waals surface area contributed by atoms with E-state index in [9.17, 15) is 8.78 Å². The van der Waals surface area contributed by atoms with Crippen LogP contribution < -0.4 is 5.73 Å². The standard InChI is InChI=1S/C9H12F2N6/c1-16-7(2-3-13-16)9-6(4-12)14-15-17(9)5-8(10)11/h2-3,8H,4-5,12H2,1H3. The normalized spacial score (nSPS) is 11.4. The van der Waals surface area contributed by atoms with E-state index in [0.717, 1.165) is 4.68 Å². The van der Waals surface area contributed by atoms with Crippen LogP contribution in [-0.2, 0) is 20.1 Å². The van der Waals surface area contributed by atoms with Crippen LogP contribution in [0.15, 0.2) is 12.3 Å². The van der Waals surface area contributed by atoms with Gasteiger partial charge in [0.15, 0.2) is 0 Å². The van der Waals surface area contributed by atoms with E-state index >= 15 is 0 Å². The van der Waals surface area contributed by atoms with Gasteiger partial charge in [0.1, 0.15) is 17.9 Å². The first kappa shape index (κ1) is 11.6. The molecule has 0 fully saturated rings. The molecule has 0 spiro atoms. The van der Waals surface area contributed by atoms with E-state index in [1.54, 1.807) is 24.0 Å². The fourth-order valence-corrected chi connectivity index (χ4v) is 1.63. The molecule has 2 aromatic rings. The molecule has 2 rings (SSSR count). The molecule has 6 nitrogen and oxygen atoms in total. The van der Waals surface area contributed by atoms with Gasteiger partial charge >= 0.3 is 0 Å². The predicted octanol–water partition coefficient (Wildman–Crippen LogP) is 0.402. The molecule has 17 heavy (non-hydrogen) atoms. The molecular formula is C9H12F2N6. The van der Waals surface area contributed by atoms with E-state index < -0.39 is 13.0 Å². The lowest BCUT2D eigenvalue weighted by Crippen LogP contribution is -2.12. The smallest absolute Gasteiger partial charge is 0.258 e. The van der Waals surface area contributed by atoms with Gasteiger partial charge in [0, 0.05) is 19.8 Å². The van der Waals surface area contributed by atoms with Gasteiger partial charge in [-0.15, -0.1) is 5.10 Å². The fourth-order valence-electron chi connectivity index (χ4n) is 1.63. The Bertz CT molecular complexity index is 503. The molecule has 2 aromatic heterocycles. The molecule has 0 aromatic carbocycles. The Morgan fingerprint density at radius 2 is 2.24 bits per heavy atom. The number of rotatable bonds is 4. The third-order valence-electron chi connectivity index (χ3n) is 2.37. The molecule has 0 bridgehead atoms. The van der Waals surface area contributed by atoms with Gasteiger partial charge in [0.25, 0.3) is 6.43 Å². The summed E-state index contributed by atoms with van der Waals surface area (Å²) in [6.07, 6.45) is -0.913. The minimum Gasteiger partial charge on any atom is -0.325 e. The highest BCUT2D eigenvalue weighted by Crippen LogP contribution is 2.21. The maximum atomic E-state index is 12.4. The number of nitrogens with two attached hydrogens (primary N) is 1. The van der Waals surface area contributed by atoms with Crippen LogP contribution in [0, 0.1) is 0 Å². The van der Waals surface area contributed by atoms with Crippen molar-refractivity contribution in [1.82, 2.24) is 24.8 Å². The zero-order valence-corrected chi connectivity index (χ0v) is 9.22. The van der Waals surface area contributed by atoms with Gasteiger partial charge < -0.3 is 5.73 Å². The summed E-state index contributed by atoms with van der Waals surface area (Å²) < 4.78 is 27.6. The Hall–Kier alpha value is -1.83. The lowest BCUT2D eigenvalue weighted by Gasteiger charge is -2.07. The van der Waals surface area contributed by atoms with Crippen LogP contribution in [-0.4, -0.2) is 31.2 Å². The topological polar surface area (TPSA) is 74.6 Å². The van der Waals surface area contributed by atoms with Crippen molar-refractivity contribution in [3.63, 3.8) is 0 Å². The maximum absolute atomic E-state index is 12.4. The zero-order chi connectivity index (χ0) is 12.4. The van der Waals surface area contributed by atoms with Crippen molar-refractivity contribution in [2.45, 2.75) is 19.5 Å². The molecule has 0 saturated carbocycles. The number of aromatic nitrogens is 5. The van der Waals surface area contributed by atoms with Gasteiger partial charge in [-0.2, -0.15) is 5.10 Å². The van der Waals surface area contributed by atoms with Crippen molar-refractivity contribution in [2.24, 2.45) is 12.8 Å². The van der Waals surface area contributed by atoms with E-state index in [2.05, 4.69) is 15.4 Å². The van der Waals surface area contributed by atoms with Crippen molar-refractivity contribution in [2.75, 3.05) is 0 Å². The third-order valence-corrected chi connectivity index (χ3v) is 2.37. The summed E-state index contributed by atoms with van der Waals surface area (Å²) in [5, 5.41) is 11.5. The number of aryl methyl sites for hydroxylation is 1. The Labute approximate surface area is 96.0 Å². The third kappa shape index (κ3) is 2.16. The van der Waals surface area contributed by atoms with Gasteiger partial charge in [-0.3, -0.25) is 4.68 Å². The molecule has 0 aliphatic carbocycles. The lowest BCUT2D eigenvalue weighted by molar-refractivity contribution is 0.121. The average molecular weight is 242 g/mol. The molecule has 2 heterocycles. The van der Waals surface area contributed by atoms with Gasteiger partial charge in [-0.1, -0.05) is 5.21 Å². The Morgan fingerprint density at radius 3 is 2.76 bits per heavy atom. The second-order valence-corrected chi connectivity index (χ2v) is 3.50. The highest BCUT2D eigenvalue weighted by molar-refractivity contribution is 5.57. The average Bonchev–Trinajstić information content (AvgIpc) is 2.83. The van der Waals surface area contributed by atoms with Crippen molar-refractivity contribution in [3.05, 3.63) is 18.0 Å². The van der Waals surface area contributed by atoms with Crippen LogP contribution in [0.25, 0.3) is 11.4 Å². The van der Waals surface area contributed by atoms with Crippen LogP contribution in [0.4, 0.5) is 8.78 Å². The number of hydrogen-bond donors (Lipinski definition) is 1. The molecule has 92 valence electrons. The van der Waals surface area contributed by atoms with E-state index in [1.807, 2.05) is 0 Å².